The molecule has 0 unspecified atom stereocenters. The van der Waals surface area contributed by atoms with Gasteiger partial charge < -0.3 is 4.90 Å². The van der Waals surface area contributed by atoms with Gasteiger partial charge in [-0.1, -0.05) is 118 Å². The maximum Gasteiger partial charge on any atom is 0.0543 e. The molecule has 0 radical (unpaired) electrons. The average Bonchev–Trinajstić information content (AvgIpc) is 3.39. The minimum atomic E-state index is -0.118. The molecule has 6 aliphatic rings. The molecule has 4 bridgehead atoms. The van der Waals surface area contributed by atoms with Crippen LogP contribution in [-0.2, 0) is 5.41 Å². The average molecular weight is 654 g/mol. The van der Waals surface area contributed by atoms with E-state index in [-0.39, 0.29) is 5.41 Å². The van der Waals surface area contributed by atoms with Crippen LogP contribution in [0.2, 0.25) is 0 Å². The van der Waals surface area contributed by atoms with Gasteiger partial charge in [0.1, 0.15) is 0 Å². The van der Waals surface area contributed by atoms with Crippen LogP contribution in [0.4, 0.5) is 17.1 Å². The summed E-state index contributed by atoms with van der Waals surface area (Å²) in [6.45, 7) is 4.86. The maximum atomic E-state index is 2.58. The number of hydrogen-bond donors (Lipinski definition) is 0. The Labute approximate surface area is 299 Å². The monoisotopic (exact) mass is 653 g/mol. The van der Waals surface area contributed by atoms with E-state index in [1.165, 1.54) is 120 Å². The first kappa shape index (κ1) is 30.7. The molecular weight excluding hydrogens is 603 g/mol. The van der Waals surface area contributed by atoms with E-state index in [4.69, 9.17) is 0 Å². The molecule has 1 heteroatoms. The zero-order valence-electron chi connectivity index (χ0n) is 30.0. The van der Waals surface area contributed by atoms with Gasteiger partial charge in [-0.05, 0) is 150 Å². The van der Waals surface area contributed by atoms with E-state index in [0.29, 0.717) is 5.92 Å². The third-order valence-corrected chi connectivity index (χ3v) is 14.0. The van der Waals surface area contributed by atoms with Crippen LogP contribution < -0.4 is 4.90 Å². The van der Waals surface area contributed by atoms with Crippen LogP contribution in [0.15, 0.2) is 115 Å². The molecule has 5 aromatic rings. The highest BCUT2D eigenvalue weighted by Gasteiger charge is 2.48. The summed E-state index contributed by atoms with van der Waals surface area (Å²) in [5.41, 5.74) is 15.0. The van der Waals surface area contributed by atoms with Crippen molar-refractivity contribution in [3.63, 3.8) is 0 Å². The molecule has 50 heavy (non-hydrogen) atoms. The summed E-state index contributed by atoms with van der Waals surface area (Å²) in [5.74, 6) is 5.25. The number of fused-ring (bicyclic) bond motifs is 3. The zero-order valence-corrected chi connectivity index (χ0v) is 30.0. The Balaban J connectivity index is 1.13. The second-order valence-corrected chi connectivity index (χ2v) is 17.2. The predicted molar refractivity (Wildman–Crippen MR) is 210 cm³/mol. The second-order valence-electron chi connectivity index (χ2n) is 17.2. The molecule has 1 nitrogen and oxygen atoms in total. The van der Waals surface area contributed by atoms with Crippen LogP contribution in [0.25, 0.3) is 22.3 Å². The lowest BCUT2D eigenvalue weighted by molar-refractivity contribution is -0.00277. The van der Waals surface area contributed by atoms with E-state index >= 15 is 0 Å². The van der Waals surface area contributed by atoms with Crippen LogP contribution >= 0.6 is 0 Å². The summed E-state index contributed by atoms with van der Waals surface area (Å²) in [4.78, 5) is 2.58. The Morgan fingerprint density at radius 3 is 1.80 bits per heavy atom. The summed E-state index contributed by atoms with van der Waals surface area (Å²) in [7, 11) is 0. The highest BCUT2D eigenvalue weighted by atomic mass is 15.1. The smallest absolute Gasteiger partial charge is 0.0543 e. The summed E-state index contributed by atoms with van der Waals surface area (Å²) >= 11 is 0. The Morgan fingerprint density at radius 2 is 1.14 bits per heavy atom. The van der Waals surface area contributed by atoms with Crippen LogP contribution in [0.1, 0.15) is 112 Å². The molecule has 11 rings (SSSR count). The third-order valence-electron chi connectivity index (χ3n) is 14.0. The van der Waals surface area contributed by atoms with Crippen molar-refractivity contribution >= 4 is 17.1 Å². The minimum absolute atomic E-state index is 0.118. The molecule has 5 aromatic carbocycles. The van der Waals surface area contributed by atoms with Crippen LogP contribution in [-0.4, -0.2) is 0 Å². The fourth-order valence-electron chi connectivity index (χ4n) is 12.0. The van der Waals surface area contributed by atoms with Crippen molar-refractivity contribution in [1.29, 1.82) is 0 Å². The minimum Gasteiger partial charge on any atom is -0.310 e. The van der Waals surface area contributed by atoms with E-state index in [9.17, 15) is 0 Å². The van der Waals surface area contributed by atoms with Crippen LogP contribution in [0, 0.1) is 23.7 Å². The van der Waals surface area contributed by atoms with Gasteiger partial charge in [0.25, 0.3) is 0 Å². The van der Waals surface area contributed by atoms with Crippen molar-refractivity contribution in [3.8, 4) is 22.3 Å². The molecule has 0 saturated heterocycles. The van der Waals surface area contributed by atoms with Gasteiger partial charge in [-0.15, -0.1) is 0 Å². The molecule has 0 spiro atoms. The zero-order chi connectivity index (χ0) is 33.4. The van der Waals surface area contributed by atoms with E-state index < -0.39 is 0 Å². The highest BCUT2D eigenvalue weighted by molar-refractivity contribution is 5.97. The molecule has 0 atom stereocenters. The summed E-state index contributed by atoms with van der Waals surface area (Å²) in [5, 5.41) is 0. The molecule has 5 saturated carbocycles. The van der Waals surface area contributed by atoms with Gasteiger partial charge in [0.05, 0.1) is 5.69 Å². The lowest BCUT2D eigenvalue weighted by atomic mass is 9.51. The van der Waals surface area contributed by atoms with E-state index in [0.717, 1.165) is 29.6 Å². The second kappa shape index (κ2) is 12.0. The Bertz CT molecular complexity index is 1980. The number of rotatable bonds is 6. The van der Waals surface area contributed by atoms with Crippen molar-refractivity contribution in [2.45, 2.75) is 95.3 Å². The molecule has 0 amide bonds. The number of nitrogens with zero attached hydrogens (tertiary/aromatic N) is 1. The first-order valence-corrected chi connectivity index (χ1v) is 19.9. The SMILES string of the molecule is CC1(C)c2ccccc2-c2ccc(N(c3ccc(C4CCCCC4)cc3)c3ccc(C4C5CC6CC(C5)CC4C6)cc3)c(-c3ccccc3)c21. The quantitative estimate of drug-likeness (QED) is 0.176. The number of anilines is 3. The van der Waals surface area contributed by atoms with E-state index in [1.807, 2.05) is 0 Å². The van der Waals surface area contributed by atoms with Gasteiger partial charge in [-0.2, -0.15) is 0 Å². The summed E-state index contributed by atoms with van der Waals surface area (Å²) in [6.07, 6.45) is 14.1. The van der Waals surface area contributed by atoms with Crippen molar-refractivity contribution in [2.75, 3.05) is 4.90 Å². The van der Waals surface area contributed by atoms with E-state index in [1.54, 1.807) is 5.56 Å². The van der Waals surface area contributed by atoms with Crippen molar-refractivity contribution in [1.82, 2.24) is 0 Å². The van der Waals surface area contributed by atoms with Gasteiger partial charge in [-0.25, -0.2) is 0 Å². The van der Waals surface area contributed by atoms with Gasteiger partial charge in [0.2, 0.25) is 0 Å². The molecule has 0 aliphatic heterocycles. The molecule has 6 aliphatic carbocycles. The molecule has 0 heterocycles. The standard InChI is InChI=1S/C49H51N/c1-49(2)44-16-10-9-15-42(44)43-25-26-45(47(48(43)49)36-13-7-4-8-14-36)50(40-21-17-35(18-22-40)34-11-5-3-6-12-34)41-23-19-37(20-24-41)46-38-28-32-27-33(30-38)31-39(46)29-32/h4,7-10,13-26,32-34,38-39,46H,3,5-6,11-12,27-31H2,1-2H3. The van der Waals surface area contributed by atoms with Gasteiger partial charge in [-0.3, -0.25) is 0 Å². The van der Waals surface area contributed by atoms with Crippen molar-refractivity contribution in [2.24, 2.45) is 23.7 Å². The lowest BCUT2D eigenvalue weighted by Gasteiger charge is -2.54. The molecule has 5 fully saturated rings. The normalized spacial score (nSPS) is 26.1. The van der Waals surface area contributed by atoms with E-state index in [2.05, 4.69) is 134 Å². The molecule has 0 aromatic heterocycles. The number of hydrogen-bond acceptors (Lipinski definition) is 1. The first-order chi connectivity index (χ1) is 24.5. The lowest BCUT2D eigenvalue weighted by Crippen LogP contribution is -2.43. The third kappa shape index (κ3) is 4.94. The molecular formula is C49H51N. The Morgan fingerprint density at radius 1 is 0.540 bits per heavy atom. The summed E-state index contributed by atoms with van der Waals surface area (Å²) in [6, 6.07) is 44.7. The Kier molecular flexibility index (Phi) is 7.37. The van der Waals surface area contributed by atoms with Crippen LogP contribution in [0.5, 0.6) is 0 Å². The van der Waals surface area contributed by atoms with Crippen molar-refractivity contribution in [3.05, 3.63) is 138 Å². The topological polar surface area (TPSA) is 3.24 Å². The Hall–Kier alpha value is -4.10. The van der Waals surface area contributed by atoms with Crippen molar-refractivity contribution < 1.29 is 0 Å². The van der Waals surface area contributed by atoms with Gasteiger partial charge in [0, 0.05) is 22.4 Å². The summed E-state index contributed by atoms with van der Waals surface area (Å²) < 4.78 is 0. The van der Waals surface area contributed by atoms with Crippen LogP contribution in [0.3, 0.4) is 0 Å². The highest BCUT2D eigenvalue weighted by Crippen LogP contribution is 2.60. The predicted octanol–water partition coefficient (Wildman–Crippen LogP) is 13.7. The molecule has 252 valence electrons. The maximum absolute atomic E-state index is 2.58. The fraction of sp³-hybridized carbons (Fsp3) is 0.388. The largest absolute Gasteiger partial charge is 0.310 e. The fourth-order valence-corrected chi connectivity index (χ4v) is 12.0. The van der Waals surface area contributed by atoms with Gasteiger partial charge in [0.15, 0.2) is 0 Å². The molecule has 0 N–H and O–H groups in total. The van der Waals surface area contributed by atoms with Gasteiger partial charge >= 0.3 is 0 Å². The number of benzene rings is 5. The first-order valence-electron chi connectivity index (χ1n) is 19.9.